The van der Waals surface area contributed by atoms with Crippen LogP contribution in [0.1, 0.15) is 21.7 Å². The minimum atomic E-state index is -0.688. The Hall–Kier alpha value is -4.40. The van der Waals surface area contributed by atoms with Crippen molar-refractivity contribution >= 4 is 22.5 Å². The van der Waals surface area contributed by atoms with Gasteiger partial charge in [0.05, 0.1) is 19.2 Å². The normalized spacial score (nSPS) is 10.8. The number of nitrogens with two attached hydrogens (primary N) is 1. The molecule has 0 aliphatic rings. The van der Waals surface area contributed by atoms with Gasteiger partial charge in [0.1, 0.15) is 11.1 Å². The maximum Gasteiger partial charge on any atom is 0.287 e. The molecule has 1 amide bonds. The first-order chi connectivity index (χ1) is 16.4. The summed E-state index contributed by atoms with van der Waals surface area (Å²) >= 11 is 0. The van der Waals surface area contributed by atoms with Crippen LogP contribution < -0.4 is 26.1 Å². The molecule has 0 aliphatic heterocycles. The molecule has 0 atom stereocenters. The summed E-state index contributed by atoms with van der Waals surface area (Å²) in [7, 11) is 1.56. The van der Waals surface area contributed by atoms with Crippen molar-refractivity contribution in [3.05, 3.63) is 93.8 Å². The summed E-state index contributed by atoms with van der Waals surface area (Å²) in [5.41, 5.74) is 7.58. The molecule has 174 valence electrons. The Bertz CT molecular complexity index is 1390. The summed E-state index contributed by atoms with van der Waals surface area (Å²) in [5.74, 6) is -0.982. The van der Waals surface area contributed by atoms with Gasteiger partial charge >= 0.3 is 0 Å². The van der Waals surface area contributed by atoms with Crippen LogP contribution in [0.4, 0.5) is 10.1 Å². The quantitative estimate of drug-likeness (QED) is 0.346. The molecule has 4 N–H and O–H groups in total. The van der Waals surface area contributed by atoms with E-state index in [1.807, 2.05) is 18.2 Å². The zero-order valence-electron chi connectivity index (χ0n) is 18.4. The van der Waals surface area contributed by atoms with Gasteiger partial charge < -0.3 is 25.5 Å². The number of nitrogens with one attached hydrogen (secondary N) is 2. The molecular weight excluding hydrogens is 439 g/mol. The van der Waals surface area contributed by atoms with Gasteiger partial charge in [0.2, 0.25) is 0 Å². The van der Waals surface area contributed by atoms with Gasteiger partial charge in [-0.1, -0.05) is 24.3 Å². The van der Waals surface area contributed by atoms with Crippen molar-refractivity contribution in [3.8, 4) is 11.5 Å². The number of carbonyl (C=O) groups excluding carboxylic acids is 1. The number of H-pyrrole nitrogens is 1. The molecule has 8 nitrogen and oxygen atoms in total. The number of anilines is 1. The van der Waals surface area contributed by atoms with Gasteiger partial charge in [0, 0.05) is 18.7 Å². The monoisotopic (exact) mass is 462 g/mol. The average molecular weight is 462 g/mol. The highest BCUT2D eigenvalue weighted by atomic mass is 19.1. The lowest BCUT2D eigenvalue weighted by molar-refractivity contribution is 0.0940. The van der Waals surface area contributed by atoms with E-state index in [0.29, 0.717) is 17.9 Å². The van der Waals surface area contributed by atoms with Crippen LogP contribution in [0.15, 0.2) is 65.5 Å². The standard InChI is InChI=1S/C25H23FN4O4/c1-33-18-4-2-3-16(13-18)14-28-25(32)23-29-20-10-9-19(26)22(21(20)24(31)30-23)34-12-11-15-5-7-17(27)8-6-15/h2-10,13H,11-12,14,27H2,1H3,(H,28,32)(H,29,30,31). The van der Waals surface area contributed by atoms with Crippen molar-refractivity contribution in [2.24, 2.45) is 0 Å². The van der Waals surface area contributed by atoms with Crippen molar-refractivity contribution in [1.29, 1.82) is 0 Å². The number of nitrogens with zero attached hydrogens (tertiary/aromatic N) is 1. The van der Waals surface area contributed by atoms with E-state index in [9.17, 15) is 14.0 Å². The van der Waals surface area contributed by atoms with Crippen LogP contribution in [-0.2, 0) is 13.0 Å². The van der Waals surface area contributed by atoms with Crippen molar-refractivity contribution in [3.63, 3.8) is 0 Å². The van der Waals surface area contributed by atoms with Gasteiger partial charge in [-0.15, -0.1) is 0 Å². The Morgan fingerprint density at radius 1 is 1.12 bits per heavy atom. The van der Waals surface area contributed by atoms with Gasteiger partial charge in [-0.05, 0) is 47.5 Å². The third-order valence-corrected chi connectivity index (χ3v) is 5.20. The molecule has 0 spiro atoms. The Balaban J connectivity index is 1.51. The van der Waals surface area contributed by atoms with E-state index >= 15 is 0 Å². The molecule has 1 aromatic heterocycles. The largest absolute Gasteiger partial charge is 0.497 e. The lowest BCUT2D eigenvalue weighted by atomic mass is 10.1. The smallest absolute Gasteiger partial charge is 0.287 e. The number of nitrogen functional groups attached to an aromatic ring is 1. The molecule has 4 aromatic rings. The van der Waals surface area contributed by atoms with Crippen LogP contribution in [0.3, 0.4) is 0 Å². The molecule has 0 fully saturated rings. The summed E-state index contributed by atoms with van der Waals surface area (Å²) in [6.07, 6.45) is 0.492. The van der Waals surface area contributed by atoms with E-state index in [0.717, 1.165) is 17.2 Å². The van der Waals surface area contributed by atoms with Crippen molar-refractivity contribution in [2.45, 2.75) is 13.0 Å². The summed E-state index contributed by atoms with van der Waals surface area (Å²) in [6.45, 7) is 0.350. The zero-order valence-corrected chi connectivity index (χ0v) is 18.4. The van der Waals surface area contributed by atoms with Crippen LogP contribution >= 0.6 is 0 Å². The third kappa shape index (κ3) is 5.15. The van der Waals surface area contributed by atoms with Gasteiger partial charge in [-0.3, -0.25) is 9.59 Å². The average Bonchev–Trinajstić information content (AvgIpc) is 2.85. The van der Waals surface area contributed by atoms with E-state index in [-0.39, 0.29) is 35.6 Å². The molecule has 1 heterocycles. The molecule has 0 saturated heterocycles. The highest BCUT2D eigenvalue weighted by Crippen LogP contribution is 2.25. The van der Waals surface area contributed by atoms with Gasteiger partial charge in [-0.25, -0.2) is 9.37 Å². The van der Waals surface area contributed by atoms with Crippen LogP contribution in [0.5, 0.6) is 11.5 Å². The van der Waals surface area contributed by atoms with Crippen LogP contribution in [0.25, 0.3) is 10.9 Å². The number of rotatable bonds is 8. The van der Waals surface area contributed by atoms with E-state index < -0.39 is 17.3 Å². The number of amides is 1. The minimum Gasteiger partial charge on any atom is -0.497 e. The second kappa shape index (κ2) is 10.0. The van der Waals surface area contributed by atoms with Gasteiger partial charge in [0.25, 0.3) is 11.5 Å². The number of carbonyl (C=O) groups is 1. The first-order valence-electron chi connectivity index (χ1n) is 10.6. The number of ether oxygens (including phenoxy) is 2. The predicted octanol–water partition coefficient (Wildman–Crippen LogP) is 3.20. The highest BCUT2D eigenvalue weighted by Gasteiger charge is 2.17. The molecule has 34 heavy (non-hydrogen) atoms. The summed E-state index contributed by atoms with van der Waals surface area (Å²) in [5, 5.41) is 2.65. The highest BCUT2D eigenvalue weighted by molar-refractivity contribution is 5.93. The van der Waals surface area contributed by atoms with Crippen LogP contribution in [0, 0.1) is 5.82 Å². The SMILES string of the molecule is COc1cccc(CNC(=O)c2nc3ccc(F)c(OCCc4ccc(N)cc4)c3c(=O)[nH]2)c1. The number of fused-ring (bicyclic) bond motifs is 1. The van der Waals surface area contributed by atoms with Crippen molar-refractivity contribution < 1.29 is 18.7 Å². The van der Waals surface area contributed by atoms with E-state index in [1.165, 1.54) is 6.07 Å². The topological polar surface area (TPSA) is 119 Å². The van der Waals surface area contributed by atoms with Crippen molar-refractivity contribution in [2.75, 3.05) is 19.5 Å². The maximum absolute atomic E-state index is 14.5. The Morgan fingerprint density at radius 3 is 2.68 bits per heavy atom. The molecule has 3 aromatic carbocycles. The lowest BCUT2D eigenvalue weighted by Crippen LogP contribution is -2.27. The summed E-state index contributed by atoms with van der Waals surface area (Å²) < 4.78 is 25.3. The third-order valence-electron chi connectivity index (χ3n) is 5.20. The Labute approximate surface area is 194 Å². The summed E-state index contributed by atoms with van der Waals surface area (Å²) in [6, 6.07) is 16.9. The second-order valence-electron chi connectivity index (χ2n) is 7.56. The van der Waals surface area contributed by atoms with E-state index in [1.54, 1.807) is 37.4 Å². The number of methoxy groups -OCH3 is 1. The van der Waals surface area contributed by atoms with E-state index in [4.69, 9.17) is 15.2 Å². The number of aromatic amines is 1. The maximum atomic E-state index is 14.5. The Morgan fingerprint density at radius 2 is 1.91 bits per heavy atom. The number of hydrogen-bond donors (Lipinski definition) is 3. The fourth-order valence-electron chi connectivity index (χ4n) is 3.43. The second-order valence-corrected chi connectivity index (χ2v) is 7.56. The summed E-state index contributed by atoms with van der Waals surface area (Å²) in [4.78, 5) is 32.0. The van der Waals surface area contributed by atoms with E-state index in [2.05, 4.69) is 15.3 Å². The number of aromatic nitrogens is 2. The fraction of sp³-hybridized carbons (Fsp3) is 0.160. The number of benzene rings is 3. The molecule has 0 unspecified atom stereocenters. The molecule has 9 heteroatoms. The van der Waals surface area contributed by atoms with Crippen molar-refractivity contribution in [1.82, 2.24) is 15.3 Å². The first kappa shape index (κ1) is 22.8. The van der Waals surface area contributed by atoms with Crippen LogP contribution in [-0.4, -0.2) is 29.6 Å². The van der Waals surface area contributed by atoms with Crippen LogP contribution in [0.2, 0.25) is 0 Å². The van der Waals surface area contributed by atoms with Gasteiger partial charge in [0.15, 0.2) is 17.4 Å². The molecule has 0 bridgehead atoms. The molecule has 4 rings (SSSR count). The number of halogens is 1. The predicted molar refractivity (Wildman–Crippen MR) is 127 cm³/mol. The Kier molecular flexibility index (Phi) is 6.72. The zero-order chi connectivity index (χ0) is 24.1. The molecule has 0 radical (unpaired) electrons. The molecular formula is C25H23FN4O4. The van der Waals surface area contributed by atoms with Gasteiger partial charge in [-0.2, -0.15) is 0 Å². The number of hydrogen-bond acceptors (Lipinski definition) is 6. The lowest BCUT2D eigenvalue weighted by Gasteiger charge is -2.11. The molecule has 0 saturated carbocycles. The first-order valence-corrected chi connectivity index (χ1v) is 10.6. The molecule has 0 aliphatic carbocycles. The minimum absolute atomic E-state index is 0.0540. The fourth-order valence-corrected chi connectivity index (χ4v) is 3.43.